The maximum atomic E-state index is 5.70. The Bertz CT molecular complexity index is 337. The Morgan fingerprint density at radius 2 is 2.33 bits per heavy atom. The Morgan fingerprint density at radius 3 is 2.93 bits per heavy atom. The number of hydrogen-bond donors (Lipinski definition) is 1. The van der Waals surface area contributed by atoms with E-state index in [9.17, 15) is 0 Å². The summed E-state index contributed by atoms with van der Waals surface area (Å²) in [5.41, 5.74) is 6.83. The first-order valence-electron chi connectivity index (χ1n) is 5.57. The van der Waals surface area contributed by atoms with Gasteiger partial charge < -0.3 is 10.6 Å². The highest BCUT2D eigenvalue weighted by atomic mass is 15.2. The van der Waals surface area contributed by atoms with Crippen molar-refractivity contribution in [3.63, 3.8) is 0 Å². The van der Waals surface area contributed by atoms with Crippen LogP contribution in [-0.4, -0.2) is 18.6 Å². The third kappa shape index (κ3) is 2.29. The molecular weight excluding hydrogens is 186 g/mol. The largest absolute Gasteiger partial charge is 0.359 e. The van der Waals surface area contributed by atoms with Crippen molar-refractivity contribution in [3.8, 4) is 0 Å². The van der Waals surface area contributed by atoms with E-state index in [2.05, 4.69) is 29.9 Å². The minimum atomic E-state index is 0.563. The molecule has 1 fully saturated rings. The lowest BCUT2D eigenvalue weighted by Crippen LogP contribution is -2.23. The van der Waals surface area contributed by atoms with Crippen LogP contribution in [-0.2, 0) is 6.54 Å². The monoisotopic (exact) mass is 205 g/mol. The first-order chi connectivity index (χ1) is 7.22. The van der Waals surface area contributed by atoms with Gasteiger partial charge in [-0.3, -0.25) is 0 Å². The molecule has 0 aliphatic heterocycles. The van der Waals surface area contributed by atoms with E-state index in [1.807, 2.05) is 12.3 Å². The van der Waals surface area contributed by atoms with Crippen LogP contribution in [0.4, 0.5) is 5.82 Å². The molecule has 0 bridgehead atoms. The van der Waals surface area contributed by atoms with E-state index in [-0.39, 0.29) is 0 Å². The van der Waals surface area contributed by atoms with E-state index < -0.39 is 0 Å². The van der Waals surface area contributed by atoms with Crippen molar-refractivity contribution in [1.29, 1.82) is 0 Å². The van der Waals surface area contributed by atoms with Gasteiger partial charge in [0, 0.05) is 31.9 Å². The van der Waals surface area contributed by atoms with Crippen molar-refractivity contribution in [3.05, 3.63) is 23.9 Å². The van der Waals surface area contributed by atoms with Crippen molar-refractivity contribution in [2.75, 3.05) is 18.5 Å². The van der Waals surface area contributed by atoms with E-state index in [0.29, 0.717) is 6.54 Å². The average molecular weight is 205 g/mol. The highest BCUT2D eigenvalue weighted by Gasteiger charge is 2.33. The topological polar surface area (TPSA) is 42.2 Å². The molecule has 2 N–H and O–H groups in total. The third-order valence-corrected chi connectivity index (χ3v) is 3.23. The summed E-state index contributed by atoms with van der Waals surface area (Å²) in [6, 6.07) is 3.99. The number of anilines is 1. The van der Waals surface area contributed by atoms with Gasteiger partial charge in [0.1, 0.15) is 5.82 Å². The molecule has 1 aromatic heterocycles. The van der Waals surface area contributed by atoms with Crippen LogP contribution in [0.2, 0.25) is 0 Å². The lowest BCUT2D eigenvalue weighted by atomic mass is 10.2. The van der Waals surface area contributed by atoms with Gasteiger partial charge in [0.2, 0.25) is 0 Å². The van der Waals surface area contributed by atoms with Crippen molar-refractivity contribution in [1.82, 2.24) is 4.98 Å². The van der Waals surface area contributed by atoms with Gasteiger partial charge in [-0.15, -0.1) is 0 Å². The fourth-order valence-corrected chi connectivity index (χ4v) is 2.02. The second kappa shape index (κ2) is 4.19. The molecule has 1 saturated carbocycles. The molecule has 0 spiro atoms. The van der Waals surface area contributed by atoms with Crippen molar-refractivity contribution < 1.29 is 0 Å². The Balaban J connectivity index is 2.06. The predicted molar refractivity (Wildman–Crippen MR) is 62.7 cm³/mol. The Labute approximate surface area is 91.3 Å². The molecule has 3 heteroatoms. The molecule has 2 atom stereocenters. The fourth-order valence-electron chi connectivity index (χ4n) is 2.02. The van der Waals surface area contributed by atoms with Crippen LogP contribution in [0.1, 0.15) is 18.9 Å². The molecule has 1 heterocycles. The molecular formula is C12H19N3. The fraction of sp³-hybridized carbons (Fsp3) is 0.583. The zero-order valence-electron chi connectivity index (χ0n) is 9.48. The van der Waals surface area contributed by atoms with E-state index in [4.69, 9.17) is 5.73 Å². The van der Waals surface area contributed by atoms with Crippen LogP contribution >= 0.6 is 0 Å². The highest BCUT2D eigenvalue weighted by molar-refractivity contribution is 5.46. The summed E-state index contributed by atoms with van der Waals surface area (Å²) in [5, 5.41) is 0. The molecule has 0 radical (unpaired) electrons. The van der Waals surface area contributed by atoms with Crippen LogP contribution in [0.3, 0.4) is 0 Å². The molecule has 0 saturated heterocycles. The van der Waals surface area contributed by atoms with E-state index in [0.717, 1.165) is 29.8 Å². The van der Waals surface area contributed by atoms with Gasteiger partial charge in [-0.25, -0.2) is 4.98 Å². The van der Waals surface area contributed by atoms with Crippen LogP contribution in [0, 0.1) is 11.8 Å². The maximum Gasteiger partial charge on any atom is 0.132 e. The van der Waals surface area contributed by atoms with Crippen LogP contribution in [0.25, 0.3) is 0 Å². The number of aromatic nitrogens is 1. The summed E-state index contributed by atoms with van der Waals surface area (Å²) in [7, 11) is 2.10. The summed E-state index contributed by atoms with van der Waals surface area (Å²) in [6.07, 6.45) is 3.19. The number of nitrogens with two attached hydrogens (primary N) is 1. The lowest BCUT2D eigenvalue weighted by molar-refractivity contribution is 0.716. The zero-order chi connectivity index (χ0) is 10.8. The quantitative estimate of drug-likeness (QED) is 0.812. The molecule has 3 nitrogen and oxygen atoms in total. The number of nitrogens with zero attached hydrogens (tertiary/aromatic N) is 2. The number of rotatable bonds is 4. The molecule has 15 heavy (non-hydrogen) atoms. The second-order valence-electron chi connectivity index (χ2n) is 4.54. The molecule has 2 rings (SSSR count). The Kier molecular flexibility index (Phi) is 2.91. The van der Waals surface area contributed by atoms with Gasteiger partial charge >= 0.3 is 0 Å². The van der Waals surface area contributed by atoms with Gasteiger partial charge in [-0.1, -0.05) is 13.0 Å². The SMILES string of the molecule is CC1CC1CN(C)c1ncccc1CN. The zero-order valence-corrected chi connectivity index (χ0v) is 9.48. The van der Waals surface area contributed by atoms with Crippen LogP contribution < -0.4 is 10.6 Å². The molecule has 0 aromatic carbocycles. The van der Waals surface area contributed by atoms with Gasteiger partial charge in [0.25, 0.3) is 0 Å². The summed E-state index contributed by atoms with van der Waals surface area (Å²) >= 11 is 0. The standard InChI is InChI=1S/C12H19N3/c1-9-6-11(9)8-15(2)12-10(7-13)4-3-5-14-12/h3-5,9,11H,6-8,13H2,1-2H3. The predicted octanol–water partition coefficient (Wildman–Crippen LogP) is 1.63. The molecule has 1 aliphatic rings. The van der Waals surface area contributed by atoms with Crippen molar-refractivity contribution in [2.24, 2.45) is 17.6 Å². The highest BCUT2D eigenvalue weighted by Crippen LogP contribution is 2.38. The van der Waals surface area contributed by atoms with Crippen molar-refractivity contribution >= 4 is 5.82 Å². The summed E-state index contributed by atoms with van der Waals surface area (Å²) in [5.74, 6) is 2.78. The summed E-state index contributed by atoms with van der Waals surface area (Å²) in [4.78, 5) is 6.63. The molecule has 0 amide bonds. The van der Waals surface area contributed by atoms with Gasteiger partial charge in [0.05, 0.1) is 0 Å². The summed E-state index contributed by atoms with van der Waals surface area (Å²) < 4.78 is 0. The van der Waals surface area contributed by atoms with Crippen LogP contribution in [0.15, 0.2) is 18.3 Å². The average Bonchev–Trinajstić information content (AvgIpc) is 2.94. The minimum absolute atomic E-state index is 0.563. The molecule has 1 aromatic rings. The van der Waals surface area contributed by atoms with E-state index in [1.165, 1.54) is 6.42 Å². The first-order valence-corrected chi connectivity index (χ1v) is 5.57. The van der Waals surface area contributed by atoms with Crippen molar-refractivity contribution in [2.45, 2.75) is 19.9 Å². The Hall–Kier alpha value is -1.09. The maximum absolute atomic E-state index is 5.70. The van der Waals surface area contributed by atoms with Crippen LogP contribution in [0.5, 0.6) is 0 Å². The third-order valence-electron chi connectivity index (χ3n) is 3.23. The van der Waals surface area contributed by atoms with Gasteiger partial charge in [0.15, 0.2) is 0 Å². The normalized spacial score (nSPS) is 23.9. The summed E-state index contributed by atoms with van der Waals surface area (Å²) in [6.45, 7) is 3.97. The van der Waals surface area contributed by atoms with Gasteiger partial charge in [-0.2, -0.15) is 0 Å². The number of pyridine rings is 1. The molecule has 1 aliphatic carbocycles. The Morgan fingerprint density at radius 1 is 1.60 bits per heavy atom. The number of hydrogen-bond acceptors (Lipinski definition) is 3. The minimum Gasteiger partial charge on any atom is -0.359 e. The second-order valence-corrected chi connectivity index (χ2v) is 4.54. The van der Waals surface area contributed by atoms with E-state index in [1.54, 1.807) is 0 Å². The first kappa shape index (κ1) is 10.4. The van der Waals surface area contributed by atoms with E-state index >= 15 is 0 Å². The van der Waals surface area contributed by atoms with Gasteiger partial charge in [-0.05, 0) is 24.3 Å². The smallest absolute Gasteiger partial charge is 0.132 e. The lowest BCUT2D eigenvalue weighted by Gasteiger charge is -2.20. The molecule has 82 valence electrons. The molecule has 2 unspecified atom stereocenters.